The number of hydrogen-bond donors (Lipinski definition) is 1. The summed E-state index contributed by atoms with van der Waals surface area (Å²) in [6.07, 6.45) is 1.07. The highest BCUT2D eigenvalue weighted by molar-refractivity contribution is 4.59. The van der Waals surface area contributed by atoms with Crippen molar-refractivity contribution in [2.45, 2.75) is 49.1 Å². The van der Waals surface area contributed by atoms with Crippen LogP contribution in [0, 0.1) is 0 Å². The number of likely N-dealkylation sites (N-methyl/N-ethyl adjacent to an activating group) is 1. The van der Waals surface area contributed by atoms with Crippen LogP contribution in [-0.4, -0.2) is 31.6 Å². The minimum absolute atomic E-state index is 0. The van der Waals surface area contributed by atoms with E-state index in [4.69, 9.17) is 5.73 Å². The van der Waals surface area contributed by atoms with Crippen molar-refractivity contribution in [2.24, 2.45) is 5.73 Å². The van der Waals surface area contributed by atoms with Crippen LogP contribution in [0.15, 0.2) is 0 Å². The summed E-state index contributed by atoms with van der Waals surface area (Å²) in [6.45, 7) is 3.10. The van der Waals surface area contributed by atoms with Gasteiger partial charge in [0.05, 0.1) is 0 Å². The minimum Gasteiger partial charge on any atom is -0.327 e. The molecular formula is C10H32N2. The van der Waals surface area contributed by atoms with Gasteiger partial charge in [0.15, 0.2) is 0 Å². The average Bonchev–Trinajstić information content (AvgIpc) is 1.65. The monoisotopic (exact) mass is 180 g/mol. The van der Waals surface area contributed by atoms with Crippen molar-refractivity contribution in [1.82, 2.24) is 4.90 Å². The second-order valence-corrected chi connectivity index (χ2v) is 2.43. The summed E-state index contributed by atoms with van der Waals surface area (Å²) in [7, 11) is 4.07. The molecule has 12 heavy (non-hydrogen) atoms. The van der Waals surface area contributed by atoms with Crippen LogP contribution in [0.2, 0.25) is 0 Å². The van der Waals surface area contributed by atoms with Crippen LogP contribution >= 0.6 is 0 Å². The summed E-state index contributed by atoms with van der Waals surface area (Å²) >= 11 is 0. The SMILES string of the molecule is C.C.C.C.CCC(N)CN(C)C. The summed E-state index contributed by atoms with van der Waals surface area (Å²) in [5.41, 5.74) is 5.63. The Labute approximate surface area is 81.1 Å². The van der Waals surface area contributed by atoms with E-state index in [0.717, 1.165) is 13.0 Å². The fourth-order valence-corrected chi connectivity index (χ4v) is 0.598. The zero-order chi connectivity index (χ0) is 6.57. The Kier molecular flexibility index (Phi) is 42.4. The van der Waals surface area contributed by atoms with Crippen LogP contribution in [0.5, 0.6) is 0 Å². The second kappa shape index (κ2) is 17.1. The topological polar surface area (TPSA) is 29.3 Å². The Hall–Kier alpha value is -0.0800. The van der Waals surface area contributed by atoms with Gasteiger partial charge in [-0.1, -0.05) is 36.6 Å². The van der Waals surface area contributed by atoms with Gasteiger partial charge in [-0.2, -0.15) is 0 Å². The lowest BCUT2D eigenvalue weighted by molar-refractivity contribution is 0.368. The molecule has 0 aliphatic rings. The molecular weight excluding hydrogens is 148 g/mol. The molecule has 0 aliphatic heterocycles. The lowest BCUT2D eigenvalue weighted by Crippen LogP contribution is -2.32. The van der Waals surface area contributed by atoms with Crippen molar-refractivity contribution < 1.29 is 0 Å². The summed E-state index contributed by atoms with van der Waals surface area (Å²) in [5.74, 6) is 0. The molecule has 0 radical (unpaired) electrons. The van der Waals surface area contributed by atoms with E-state index >= 15 is 0 Å². The van der Waals surface area contributed by atoms with E-state index in [1.165, 1.54) is 0 Å². The van der Waals surface area contributed by atoms with Gasteiger partial charge in [-0.25, -0.2) is 0 Å². The van der Waals surface area contributed by atoms with Gasteiger partial charge in [0.25, 0.3) is 0 Å². The van der Waals surface area contributed by atoms with E-state index in [1.807, 2.05) is 14.1 Å². The van der Waals surface area contributed by atoms with Gasteiger partial charge in [-0.3, -0.25) is 0 Å². The highest BCUT2D eigenvalue weighted by Crippen LogP contribution is 1.86. The lowest BCUT2D eigenvalue weighted by atomic mass is 10.2. The van der Waals surface area contributed by atoms with E-state index in [2.05, 4.69) is 11.8 Å². The first kappa shape index (κ1) is 29.7. The lowest BCUT2D eigenvalue weighted by Gasteiger charge is -2.13. The molecule has 0 aromatic rings. The fourth-order valence-electron chi connectivity index (χ4n) is 0.598. The van der Waals surface area contributed by atoms with Gasteiger partial charge < -0.3 is 10.6 Å². The summed E-state index contributed by atoms with van der Waals surface area (Å²) < 4.78 is 0. The number of hydrogen-bond acceptors (Lipinski definition) is 2. The van der Waals surface area contributed by atoms with Crippen molar-refractivity contribution >= 4 is 0 Å². The Morgan fingerprint density at radius 2 is 1.42 bits per heavy atom. The van der Waals surface area contributed by atoms with E-state index in [9.17, 15) is 0 Å². The number of nitrogens with zero attached hydrogens (tertiary/aromatic N) is 1. The Morgan fingerprint density at radius 3 is 1.50 bits per heavy atom. The molecule has 0 aromatic heterocycles. The number of rotatable bonds is 3. The maximum absolute atomic E-state index is 5.63. The molecule has 0 aliphatic carbocycles. The van der Waals surface area contributed by atoms with E-state index in [1.54, 1.807) is 0 Å². The zero-order valence-corrected chi connectivity index (χ0v) is 6.02. The predicted octanol–water partition coefficient (Wildman–Crippen LogP) is 2.83. The first-order valence-corrected chi connectivity index (χ1v) is 3.07. The normalized spacial score (nSPS) is 9.75. The molecule has 0 saturated heterocycles. The molecule has 0 heterocycles. The minimum atomic E-state index is 0. The van der Waals surface area contributed by atoms with Crippen LogP contribution in [0.3, 0.4) is 0 Å². The Bertz CT molecular complexity index is 53.8. The van der Waals surface area contributed by atoms with Gasteiger partial charge in [0, 0.05) is 12.6 Å². The van der Waals surface area contributed by atoms with Gasteiger partial charge >= 0.3 is 0 Å². The fraction of sp³-hybridized carbons (Fsp3) is 1.00. The quantitative estimate of drug-likeness (QED) is 0.723. The standard InChI is InChI=1S/C6H16N2.4CH4/c1-4-6(7)5-8(2)3;;;;/h6H,4-5,7H2,1-3H3;4*1H4. The molecule has 0 amide bonds. The molecule has 0 spiro atoms. The second-order valence-electron chi connectivity index (χ2n) is 2.43. The third kappa shape index (κ3) is 22.5. The molecule has 0 aromatic carbocycles. The highest BCUT2D eigenvalue weighted by atomic mass is 15.1. The van der Waals surface area contributed by atoms with Crippen molar-refractivity contribution in [3.05, 3.63) is 0 Å². The molecule has 1 atom stereocenters. The van der Waals surface area contributed by atoms with Crippen LogP contribution in [0.4, 0.5) is 0 Å². The third-order valence-electron chi connectivity index (χ3n) is 1.12. The van der Waals surface area contributed by atoms with Crippen LogP contribution in [0.1, 0.15) is 43.1 Å². The predicted molar refractivity (Wildman–Crippen MR) is 63.7 cm³/mol. The van der Waals surface area contributed by atoms with Gasteiger partial charge in [0.2, 0.25) is 0 Å². The molecule has 0 fully saturated rings. The maximum Gasteiger partial charge on any atom is 0.0164 e. The first-order chi connectivity index (χ1) is 3.66. The summed E-state index contributed by atoms with van der Waals surface area (Å²) in [5, 5.41) is 0. The van der Waals surface area contributed by atoms with Crippen molar-refractivity contribution in [3.8, 4) is 0 Å². The van der Waals surface area contributed by atoms with Crippen molar-refractivity contribution in [1.29, 1.82) is 0 Å². The molecule has 0 saturated carbocycles. The van der Waals surface area contributed by atoms with Gasteiger partial charge in [-0.05, 0) is 20.5 Å². The van der Waals surface area contributed by atoms with Crippen molar-refractivity contribution in [3.63, 3.8) is 0 Å². The first-order valence-electron chi connectivity index (χ1n) is 3.07. The summed E-state index contributed by atoms with van der Waals surface area (Å²) in [6, 6.07) is 0.352. The largest absolute Gasteiger partial charge is 0.327 e. The van der Waals surface area contributed by atoms with E-state index < -0.39 is 0 Å². The van der Waals surface area contributed by atoms with Crippen LogP contribution in [0.25, 0.3) is 0 Å². The molecule has 1 unspecified atom stereocenters. The smallest absolute Gasteiger partial charge is 0.0164 e. The molecule has 0 bridgehead atoms. The number of nitrogens with two attached hydrogens (primary N) is 1. The average molecular weight is 180 g/mol. The maximum atomic E-state index is 5.63. The molecule has 2 N–H and O–H groups in total. The van der Waals surface area contributed by atoms with Crippen molar-refractivity contribution in [2.75, 3.05) is 20.6 Å². The molecule has 82 valence electrons. The third-order valence-corrected chi connectivity index (χ3v) is 1.12. The summed E-state index contributed by atoms with van der Waals surface area (Å²) in [4.78, 5) is 2.11. The Balaban J connectivity index is -0.0000000408. The van der Waals surface area contributed by atoms with E-state index in [-0.39, 0.29) is 29.7 Å². The van der Waals surface area contributed by atoms with Gasteiger partial charge in [0.1, 0.15) is 0 Å². The molecule has 2 heteroatoms. The zero-order valence-electron chi connectivity index (χ0n) is 6.02. The van der Waals surface area contributed by atoms with Crippen LogP contribution < -0.4 is 5.73 Å². The van der Waals surface area contributed by atoms with E-state index in [0.29, 0.717) is 6.04 Å². The Morgan fingerprint density at radius 1 is 1.08 bits per heavy atom. The molecule has 0 rings (SSSR count). The van der Waals surface area contributed by atoms with Gasteiger partial charge in [-0.15, -0.1) is 0 Å². The molecule has 2 nitrogen and oxygen atoms in total. The highest BCUT2D eigenvalue weighted by Gasteiger charge is 1.97. The van der Waals surface area contributed by atoms with Crippen LogP contribution in [-0.2, 0) is 0 Å².